The van der Waals surface area contributed by atoms with Crippen LogP contribution in [0.15, 0.2) is 41.8 Å². The van der Waals surface area contributed by atoms with E-state index in [1.54, 1.807) is 37.4 Å². The molecular formula is C17H19N3O4. The van der Waals surface area contributed by atoms with E-state index in [0.717, 1.165) is 5.56 Å². The van der Waals surface area contributed by atoms with Gasteiger partial charge in [0.25, 0.3) is 5.91 Å². The number of hydrogen-bond donors (Lipinski definition) is 1. The summed E-state index contributed by atoms with van der Waals surface area (Å²) in [7, 11) is 4.62. The van der Waals surface area contributed by atoms with Crippen LogP contribution in [-0.2, 0) is 0 Å². The van der Waals surface area contributed by atoms with E-state index in [0.29, 0.717) is 28.5 Å². The van der Waals surface area contributed by atoms with Crippen molar-refractivity contribution in [3.63, 3.8) is 0 Å². The standard InChI is InChI=1S/C17H19N3O4/c1-11(19-20-17(21)12-6-5-7-18-10-12)13-8-14(22-2)16(24-4)15(9-13)23-3/h5-10H,1-4H3,(H,20,21)/b19-11-. The highest BCUT2D eigenvalue weighted by Gasteiger charge is 2.14. The summed E-state index contributed by atoms with van der Waals surface area (Å²) in [5, 5.41) is 4.11. The molecule has 126 valence electrons. The summed E-state index contributed by atoms with van der Waals surface area (Å²) in [5.41, 5.74) is 4.25. The quantitative estimate of drug-likeness (QED) is 0.649. The van der Waals surface area contributed by atoms with Crippen molar-refractivity contribution in [1.82, 2.24) is 10.4 Å². The molecule has 0 saturated carbocycles. The Kier molecular flexibility index (Phi) is 5.73. The van der Waals surface area contributed by atoms with Gasteiger partial charge in [-0.2, -0.15) is 5.10 Å². The van der Waals surface area contributed by atoms with Crippen LogP contribution in [0.3, 0.4) is 0 Å². The number of carbonyl (C=O) groups excluding carboxylic acids is 1. The van der Waals surface area contributed by atoms with Crippen LogP contribution in [0.5, 0.6) is 17.2 Å². The van der Waals surface area contributed by atoms with Crippen molar-refractivity contribution in [3.8, 4) is 17.2 Å². The molecule has 0 aliphatic carbocycles. The van der Waals surface area contributed by atoms with Crippen LogP contribution in [0, 0.1) is 0 Å². The molecule has 2 aromatic rings. The van der Waals surface area contributed by atoms with E-state index in [2.05, 4.69) is 15.5 Å². The predicted molar refractivity (Wildman–Crippen MR) is 90.0 cm³/mol. The normalized spacial score (nSPS) is 10.9. The van der Waals surface area contributed by atoms with Gasteiger partial charge < -0.3 is 14.2 Å². The van der Waals surface area contributed by atoms with E-state index in [-0.39, 0.29) is 5.91 Å². The molecule has 1 N–H and O–H groups in total. The summed E-state index contributed by atoms with van der Waals surface area (Å²) >= 11 is 0. The van der Waals surface area contributed by atoms with Gasteiger partial charge in [-0.3, -0.25) is 9.78 Å². The highest BCUT2D eigenvalue weighted by atomic mass is 16.5. The predicted octanol–water partition coefficient (Wildman–Crippen LogP) is 2.26. The first-order valence-corrected chi connectivity index (χ1v) is 7.15. The number of pyridine rings is 1. The van der Waals surface area contributed by atoms with Crippen molar-refractivity contribution in [2.24, 2.45) is 5.10 Å². The molecule has 7 heteroatoms. The van der Waals surface area contributed by atoms with Crippen LogP contribution in [0.4, 0.5) is 0 Å². The van der Waals surface area contributed by atoms with Gasteiger partial charge in [0.1, 0.15) is 0 Å². The van der Waals surface area contributed by atoms with Crippen LogP contribution < -0.4 is 19.6 Å². The van der Waals surface area contributed by atoms with Crippen LogP contribution in [0.1, 0.15) is 22.8 Å². The van der Waals surface area contributed by atoms with Crippen molar-refractivity contribution < 1.29 is 19.0 Å². The smallest absolute Gasteiger partial charge is 0.272 e. The Morgan fingerprint density at radius 3 is 2.25 bits per heavy atom. The minimum absolute atomic E-state index is 0.338. The fraction of sp³-hybridized carbons (Fsp3) is 0.235. The zero-order valence-electron chi connectivity index (χ0n) is 14.0. The van der Waals surface area contributed by atoms with Gasteiger partial charge in [-0.15, -0.1) is 0 Å². The monoisotopic (exact) mass is 329 g/mol. The van der Waals surface area contributed by atoms with Crippen LogP contribution in [0.25, 0.3) is 0 Å². The van der Waals surface area contributed by atoms with E-state index in [4.69, 9.17) is 14.2 Å². The maximum atomic E-state index is 12.0. The van der Waals surface area contributed by atoms with Gasteiger partial charge in [-0.1, -0.05) is 0 Å². The molecule has 7 nitrogen and oxygen atoms in total. The number of carbonyl (C=O) groups is 1. The lowest BCUT2D eigenvalue weighted by Crippen LogP contribution is -2.19. The SMILES string of the molecule is COc1cc(/C(C)=N\NC(=O)c2cccnc2)cc(OC)c1OC. The van der Waals surface area contributed by atoms with Gasteiger partial charge in [0.2, 0.25) is 5.75 Å². The Bertz CT molecular complexity index is 720. The minimum Gasteiger partial charge on any atom is -0.493 e. The average molecular weight is 329 g/mol. The molecule has 0 saturated heterocycles. The molecule has 2 rings (SSSR count). The second kappa shape index (κ2) is 7.96. The number of aromatic nitrogens is 1. The van der Waals surface area contributed by atoms with Gasteiger partial charge in [0, 0.05) is 18.0 Å². The van der Waals surface area contributed by atoms with E-state index in [1.807, 2.05) is 0 Å². The van der Waals surface area contributed by atoms with Gasteiger partial charge in [0.05, 0.1) is 32.6 Å². The number of nitrogens with one attached hydrogen (secondary N) is 1. The summed E-state index contributed by atoms with van der Waals surface area (Å²) in [6.45, 7) is 1.77. The maximum absolute atomic E-state index is 12.0. The topological polar surface area (TPSA) is 82.0 Å². The Morgan fingerprint density at radius 2 is 1.75 bits per heavy atom. The van der Waals surface area contributed by atoms with Crippen molar-refractivity contribution in [3.05, 3.63) is 47.8 Å². The zero-order chi connectivity index (χ0) is 17.5. The van der Waals surface area contributed by atoms with Crippen LogP contribution in [-0.4, -0.2) is 37.9 Å². The van der Waals surface area contributed by atoms with Gasteiger partial charge >= 0.3 is 0 Å². The third-order valence-corrected chi connectivity index (χ3v) is 3.33. The van der Waals surface area contributed by atoms with E-state index >= 15 is 0 Å². The fourth-order valence-electron chi connectivity index (χ4n) is 2.05. The Balaban J connectivity index is 2.25. The number of hydrazone groups is 1. The Morgan fingerprint density at radius 1 is 1.08 bits per heavy atom. The van der Waals surface area contributed by atoms with Gasteiger partial charge in [-0.25, -0.2) is 5.43 Å². The fourth-order valence-corrected chi connectivity index (χ4v) is 2.05. The number of rotatable bonds is 6. The number of nitrogens with zero attached hydrogens (tertiary/aromatic N) is 2. The lowest BCUT2D eigenvalue weighted by molar-refractivity contribution is 0.0954. The molecule has 0 atom stereocenters. The molecule has 0 spiro atoms. The molecule has 1 amide bonds. The summed E-state index contributed by atoms with van der Waals surface area (Å²) in [4.78, 5) is 15.9. The molecule has 0 aliphatic heterocycles. The summed E-state index contributed by atoms with van der Waals surface area (Å²) < 4.78 is 15.9. The third kappa shape index (κ3) is 3.81. The molecule has 0 aliphatic rings. The number of hydrogen-bond acceptors (Lipinski definition) is 6. The van der Waals surface area contributed by atoms with Crippen molar-refractivity contribution in [1.29, 1.82) is 0 Å². The van der Waals surface area contributed by atoms with Crippen LogP contribution in [0.2, 0.25) is 0 Å². The largest absolute Gasteiger partial charge is 0.493 e. The molecule has 0 fully saturated rings. The first-order valence-electron chi connectivity index (χ1n) is 7.15. The van der Waals surface area contributed by atoms with E-state index < -0.39 is 0 Å². The molecule has 0 bridgehead atoms. The summed E-state index contributed by atoms with van der Waals surface area (Å²) in [5.74, 6) is 1.19. The van der Waals surface area contributed by atoms with Crippen molar-refractivity contribution in [2.45, 2.75) is 6.92 Å². The lowest BCUT2D eigenvalue weighted by Gasteiger charge is -2.14. The van der Waals surface area contributed by atoms with E-state index in [1.165, 1.54) is 27.5 Å². The number of methoxy groups -OCH3 is 3. The first kappa shape index (κ1) is 17.3. The highest BCUT2D eigenvalue weighted by Crippen LogP contribution is 2.38. The minimum atomic E-state index is -0.338. The number of amides is 1. The Labute approximate surface area is 140 Å². The van der Waals surface area contributed by atoms with Crippen LogP contribution >= 0.6 is 0 Å². The molecule has 0 unspecified atom stereocenters. The molecule has 1 aromatic heterocycles. The molecular weight excluding hydrogens is 310 g/mol. The lowest BCUT2D eigenvalue weighted by atomic mass is 10.1. The highest BCUT2D eigenvalue weighted by molar-refractivity contribution is 6.01. The third-order valence-electron chi connectivity index (χ3n) is 3.33. The first-order chi connectivity index (χ1) is 11.6. The average Bonchev–Trinajstić information content (AvgIpc) is 2.65. The van der Waals surface area contributed by atoms with Gasteiger partial charge in [-0.05, 0) is 31.2 Å². The molecule has 1 heterocycles. The molecule has 24 heavy (non-hydrogen) atoms. The second-order valence-electron chi connectivity index (χ2n) is 4.79. The van der Waals surface area contributed by atoms with Gasteiger partial charge in [0.15, 0.2) is 11.5 Å². The molecule has 0 radical (unpaired) electrons. The zero-order valence-corrected chi connectivity index (χ0v) is 14.0. The summed E-state index contributed by atoms with van der Waals surface area (Å²) in [6.07, 6.45) is 3.07. The van der Waals surface area contributed by atoms with Crippen molar-refractivity contribution in [2.75, 3.05) is 21.3 Å². The second-order valence-corrected chi connectivity index (χ2v) is 4.79. The number of ether oxygens (including phenoxy) is 3. The summed E-state index contributed by atoms with van der Waals surface area (Å²) in [6, 6.07) is 6.87. The maximum Gasteiger partial charge on any atom is 0.272 e. The Hall–Kier alpha value is -3.09. The van der Waals surface area contributed by atoms with E-state index in [9.17, 15) is 4.79 Å². The number of benzene rings is 1. The van der Waals surface area contributed by atoms with Crippen molar-refractivity contribution >= 4 is 11.6 Å². The molecule has 1 aromatic carbocycles.